The molecule has 4 heavy (non-hydrogen) atoms. The van der Waals surface area contributed by atoms with E-state index in [-0.39, 0.29) is 66.7 Å². The molecule has 0 saturated heterocycles. The summed E-state index contributed by atoms with van der Waals surface area (Å²) in [6.07, 6.45) is 0. The van der Waals surface area contributed by atoms with Gasteiger partial charge in [-0.3, -0.25) is 0 Å². The van der Waals surface area contributed by atoms with E-state index in [9.17, 15) is 0 Å². The number of hydrogen-bond acceptors (Lipinski definition) is 0. The summed E-state index contributed by atoms with van der Waals surface area (Å²) in [5.41, 5.74) is 0. The molecule has 0 aromatic rings. The number of rotatable bonds is 0. The normalized spacial score (nSPS) is 0. The zero-order valence-corrected chi connectivity index (χ0v) is 7.75. The maximum atomic E-state index is 0. The molecule has 0 unspecified atom stereocenters. The van der Waals surface area contributed by atoms with E-state index in [2.05, 4.69) is 0 Å². The van der Waals surface area contributed by atoms with E-state index in [4.69, 9.17) is 0 Å². The van der Waals surface area contributed by atoms with Crippen LogP contribution in [0, 0.1) is 35.6 Å². The minimum atomic E-state index is 0. The van der Waals surface area contributed by atoms with Crippen LogP contribution >= 0.6 is 0 Å². The molecule has 0 N–H and O–H groups in total. The Morgan fingerprint density at radius 3 is 0.750 bits per heavy atom. The molecule has 0 fully saturated rings. The second-order valence-electron chi connectivity index (χ2n) is 0. The van der Waals surface area contributed by atoms with Gasteiger partial charge in [-0.2, -0.15) is 0 Å². The van der Waals surface area contributed by atoms with Crippen molar-refractivity contribution in [1.82, 2.24) is 0 Å². The molecule has 2 nitrogen and oxygen atoms in total. The third kappa shape index (κ3) is 9.24. The second-order valence-corrected chi connectivity index (χ2v) is 0. The van der Waals surface area contributed by atoms with Crippen LogP contribution in [0.4, 0.5) is 0 Å². The molecular weight excluding hydrogens is 363 g/mol. The van der Waals surface area contributed by atoms with E-state index in [1.807, 2.05) is 0 Å². The molecule has 0 atom stereocenters. The molecule has 0 aromatic carbocycles. The first-order valence-corrected chi connectivity index (χ1v) is 0. The van der Waals surface area contributed by atoms with Gasteiger partial charge in [-0.15, -0.1) is 0 Å². The van der Waals surface area contributed by atoms with E-state index in [0.29, 0.717) is 0 Å². The van der Waals surface area contributed by atoms with Gasteiger partial charge in [0.05, 0.1) is 0 Å². The van der Waals surface area contributed by atoms with E-state index < -0.39 is 0 Å². The van der Waals surface area contributed by atoms with Gasteiger partial charge in [0.2, 0.25) is 0 Å². The molecule has 0 aromatic heterocycles. The quantitative estimate of drug-likeness (QED) is 0.571. The minimum absolute atomic E-state index is 0. The summed E-state index contributed by atoms with van der Waals surface area (Å²) >= 11 is 0. The Kier molecular flexibility index (Phi) is 228. The average molecular weight is 363 g/mol. The SMILES string of the molecule is [Ir+4].[La].[O-2].[O-2]. The Bertz CT molecular complexity index is 6.00. The van der Waals surface area contributed by atoms with Crippen molar-refractivity contribution in [3.8, 4) is 0 Å². The Labute approximate surface area is 65.9 Å². The van der Waals surface area contributed by atoms with Gasteiger partial charge < -0.3 is 11.0 Å². The summed E-state index contributed by atoms with van der Waals surface area (Å²) in [7, 11) is 0. The van der Waals surface area contributed by atoms with Crippen LogP contribution in [0.25, 0.3) is 0 Å². The third-order valence-electron chi connectivity index (χ3n) is 0. The van der Waals surface area contributed by atoms with Gasteiger partial charge in [-0.05, 0) is 0 Å². The summed E-state index contributed by atoms with van der Waals surface area (Å²) in [4.78, 5) is 0. The fourth-order valence-corrected chi connectivity index (χ4v) is 0. The van der Waals surface area contributed by atoms with Crippen LogP contribution in [0.1, 0.15) is 0 Å². The average Bonchev–Trinajstić information content (AvgIpc) is 0. The molecule has 24 valence electrons. The van der Waals surface area contributed by atoms with Crippen LogP contribution < -0.4 is 0 Å². The predicted octanol–water partition coefficient (Wildman–Crippen LogP) is -0.240. The molecule has 0 aliphatic rings. The molecule has 0 amide bonds. The van der Waals surface area contributed by atoms with Crippen LogP contribution in [-0.2, 0) is 31.1 Å². The largest absolute Gasteiger partial charge is 4.00 e. The predicted molar refractivity (Wildman–Crippen MR) is 1.37 cm³/mol. The van der Waals surface area contributed by atoms with Crippen molar-refractivity contribution in [1.29, 1.82) is 0 Å². The smallest absolute Gasteiger partial charge is 2.00 e. The first-order valence-electron chi connectivity index (χ1n) is 0. The Morgan fingerprint density at radius 2 is 0.750 bits per heavy atom. The maximum Gasteiger partial charge on any atom is 4.00 e. The van der Waals surface area contributed by atoms with Gasteiger partial charge in [-0.1, -0.05) is 0 Å². The van der Waals surface area contributed by atoms with Crippen molar-refractivity contribution in [2.24, 2.45) is 0 Å². The van der Waals surface area contributed by atoms with Crippen molar-refractivity contribution in [2.75, 3.05) is 0 Å². The van der Waals surface area contributed by atoms with E-state index in [0.717, 1.165) is 0 Å². The van der Waals surface area contributed by atoms with E-state index >= 15 is 0 Å². The standard InChI is InChI=1S/Ir.La.2O/q+4;;2*-2. The van der Waals surface area contributed by atoms with Gasteiger partial charge in [0.1, 0.15) is 0 Å². The van der Waals surface area contributed by atoms with Crippen LogP contribution in [0.5, 0.6) is 0 Å². The van der Waals surface area contributed by atoms with Gasteiger partial charge in [-0.25, -0.2) is 0 Å². The van der Waals surface area contributed by atoms with Gasteiger partial charge in [0, 0.05) is 35.6 Å². The van der Waals surface area contributed by atoms with Crippen LogP contribution in [-0.4, -0.2) is 0 Å². The second kappa shape index (κ2) is 21.7. The molecule has 0 saturated carbocycles. The van der Waals surface area contributed by atoms with Crippen molar-refractivity contribution in [2.45, 2.75) is 0 Å². The first-order chi connectivity index (χ1) is 0. The molecule has 4 heteroatoms. The van der Waals surface area contributed by atoms with Crippen LogP contribution in [0.3, 0.4) is 0 Å². The summed E-state index contributed by atoms with van der Waals surface area (Å²) in [5.74, 6) is 0. The van der Waals surface area contributed by atoms with Crippen LogP contribution in [0.15, 0.2) is 0 Å². The van der Waals surface area contributed by atoms with Crippen molar-refractivity contribution in [3.63, 3.8) is 0 Å². The van der Waals surface area contributed by atoms with Gasteiger partial charge >= 0.3 is 20.1 Å². The van der Waals surface area contributed by atoms with E-state index in [1.165, 1.54) is 0 Å². The Balaban J connectivity index is 0. The summed E-state index contributed by atoms with van der Waals surface area (Å²) in [5, 5.41) is 0. The monoisotopic (exact) mass is 364 g/mol. The molecule has 0 aliphatic carbocycles. The van der Waals surface area contributed by atoms with Gasteiger partial charge in [0.15, 0.2) is 0 Å². The number of hydrogen-bond donors (Lipinski definition) is 0. The molecule has 0 bridgehead atoms. The molecular formula is IrLaO2. The molecule has 2 radical (unpaired) electrons. The molecule has 0 aliphatic heterocycles. The van der Waals surface area contributed by atoms with Crippen molar-refractivity contribution < 1.29 is 66.7 Å². The Morgan fingerprint density at radius 1 is 0.750 bits per heavy atom. The maximum absolute atomic E-state index is 0. The summed E-state index contributed by atoms with van der Waals surface area (Å²) in [6, 6.07) is 0. The minimum Gasteiger partial charge on any atom is -2.00 e. The van der Waals surface area contributed by atoms with Crippen LogP contribution in [0.2, 0.25) is 0 Å². The van der Waals surface area contributed by atoms with Gasteiger partial charge in [0.25, 0.3) is 0 Å². The fourth-order valence-electron chi connectivity index (χ4n) is 0. The summed E-state index contributed by atoms with van der Waals surface area (Å²) in [6.45, 7) is 0. The zero-order chi connectivity index (χ0) is 0. The summed E-state index contributed by atoms with van der Waals surface area (Å²) < 4.78 is 0. The van der Waals surface area contributed by atoms with Crippen molar-refractivity contribution in [3.05, 3.63) is 0 Å². The zero-order valence-electron chi connectivity index (χ0n) is 1.73. The van der Waals surface area contributed by atoms with E-state index in [1.54, 1.807) is 0 Å². The first kappa shape index (κ1) is 42.0. The molecule has 0 rings (SSSR count). The Hall–Kier alpha value is 1.76. The molecule has 0 heterocycles. The van der Waals surface area contributed by atoms with Crippen molar-refractivity contribution >= 4 is 0 Å². The fraction of sp³-hybridized carbons (Fsp3) is 0. The molecule has 0 spiro atoms. The topological polar surface area (TPSA) is 57.0 Å². The third-order valence-corrected chi connectivity index (χ3v) is 0.